The maximum absolute atomic E-state index is 11.3. The van der Waals surface area contributed by atoms with Crippen LogP contribution in [0.2, 0.25) is 0 Å². The SMILES string of the molecule is CC1CC(=O)OC1(N=[N+]=[N-])c1ccccc1. The fraction of sp³-hybridized carbons (Fsp3) is 0.364. The molecular formula is C11H11N3O2. The van der Waals surface area contributed by atoms with Gasteiger partial charge in [-0.15, -0.1) is 0 Å². The van der Waals surface area contributed by atoms with Gasteiger partial charge in [-0.05, 0) is 10.6 Å². The summed E-state index contributed by atoms with van der Waals surface area (Å²) >= 11 is 0. The van der Waals surface area contributed by atoms with E-state index in [1.165, 1.54) is 0 Å². The van der Waals surface area contributed by atoms with Crippen LogP contribution in [-0.2, 0) is 15.3 Å². The van der Waals surface area contributed by atoms with Gasteiger partial charge in [0.2, 0.25) is 5.72 Å². The van der Waals surface area contributed by atoms with Crippen molar-refractivity contribution in [3.8, 4) is 0 Å². The normalized spacial score (nSPS) is 28.3. The summed E-state index contributed by atoms with van der Waals surface area (Å²) in [5.74, 6) is -0.484. The molecule has 0 bridgehead atoms. The van der Waals surface area contributed by atoms with Crippen LogP contribution in [-0.4, -0.2) is 5.97 Å². The third-order valence-electron chi connectivity index (χ3n) is 2.79. The Labute approximate surface area is 92.7 Å². The number of ether oxygens (including phenoxy) is 1. The molecule has 1 aromatic carbocycles. The summed E-state index contributed by atoms with van der Waals surface area (Å²) in [4.78, 5) is 14.1. The highest BCUT2D eigenvalue weighted by molar-refractivity contribution is 5.73. The molecule has 1 aliphatic heterocycles. The second kappa shape index (κ2) is 3.87. The molecule has 1 aromatic rings. The van der Waals surface area contributed by atoms with Crippen molar-refractivity contribution in [3.05, 3.63) is 46.3 Å². The predicted molar refractivity (Wildman–Crippen MR) is 57.1 cm³/mol. The van der Waals surface area contributed by atoms with Gasteiger partial charge in [0, 0.05) is 16.4 Å². The van der Waals surface area contributed by atoms with E-state index >= 15 is 0 Å². The van der Waals surface area contributed by atoms with E-state index in [4.69, 9.17) is 10.3 Å². The molecule has 0 spiro atoms. The quantitative estimate of drug-likeness (QED) is 0.330. The largest absolute Gasteiger partial charge is 0.448 e. The first-order chi connectivity index (χ1) is 7.69. The highest BCUT2D eigenvalue weighted by atomic mass is 16.6. The highest BCUT2D eigenvalue weighted by Gasteiger charge is 2.47. The first kappa shape index (κ1) is 10.5. The zero-order chi connectivity index (χ0) is 11.6. The average molecular weight is 217 g/mol. The summed E-state index contributed by atoms with van der Waals surface area (Å²) in [7, 11) is 0. The Hall–Kier alpha value is -2.00. The monoisotopic (exact) mass is 217 g/mol. The van der Waals surface area contributed by atoms with Gasteiger partial charge in [-0.2, -0.15) is 0 Å². The molecule has 0 radical (unpaired) electrons. The number of benzene rings is 1. The van der Waals surface area contributed by atoms with Crippen molar-refractivity contribution in [2.75, 3.05) is 0 Å². The van der Waals surface area contributed by atoms with Crippen molar-refractivity contribution < 1.29 is 9.53 Å². The Morgan fingerprint density at radius 3 is 2.69 bits per heavy atom. The number of esters is 1. The Bertz CT molecular complexity index is 454. The van der Waals surface area contributed by atoms with Crippen LogP contribution in [0.3, 0.4) is 0 Å². The number of nitrogens with zero attached hydrogens (tertiary/aromatic N) is 3. The first-order valence-corrected chi connectivity index (χ1v) is 5.02. The van der Waals surface area contributed by atoms with Crippen molar-refractivity contribution >= 4 is 5.97 Å². The summed E-state index contributed by atoms with van der Waals surface area (Å²) in [6.07, 6.45) is 0.272. The van der Waals surface area contributed by atoms with Crippen LogP contribution >= 0.6 is 0 Å². The number of hydrogen-bond donors (Lipinski definition) is 0. The number of carbonyl (C=O) groups excluding carboxylic acids is 1. The molecule has 0 saturated carbocycles. The van der Waals surface area contributed by atoms with Crippen LogP contribution in [0.4, 0.5) is 0 Å². The smallest absolute Gasteiger partial charge is 0.307 e. The van der Waals surface area contributed by atoms with Crippen LogP contribution in [0.1, 0.15) is 18.9 Å². The van der Waals surface area contributed by atoms with E-state index < -0.39 is 5.72 Å². The third kappa shape index (κ3) is 1.51. The van der Waals surface area contributed by atoms with Crippen LogP contribution in [0, 0.1) is 5.92 Å². The lowest BCUT2D eigenvalue weighted by atomic mass is 9.91. The van der Waals surface area contributed by atoms with E-state index in [0.717, 1.165) is 0 Å². The van der Waals surface area contributed by atoms with Gasteiger partial charge in [0.25, 0.3) is 0 Å². The minimum absolute atomic E-state index is 0.154. The standard InChI is InChI=1S/C11H11N3O2/c1-8-7-10(15)16-11(8,13-14-12)9-5-3-2-4-6-9/h2-6,8H,7H2,1H3. The topological polar surface area (TPSA) is 75.1 Å². The second-order valence-corrected chi connectivity index (χ2v) is 3.83. The van der Waals surface area contributed by atoms with Crippen LogP contribution < -0.4 is 0 Å². The average Bonchev–Trinajstić information content (AvgIpc) is 2.57. The molecule has 0 aliphatic carbocycles. The fourth-order valence-corrected chi connectivity index (χ4v) is 1.97. The van der Waals surface area contributed by atoms with E-state index in [2.05, 4.69) is 10.0 Å². The number of cyclic esters (lactones) is 1. The van der Waals surface area contributed by atoms with Crippen LogP contribution in [0.25, 0.3) is 10.4 Å². The lowest BCUT2D eigenvalue weighted by Gasteiger charge is -2.26. The van der Waals surface area contributed by atoms with E-state index in [1.807, 2.05) is 25.1 Å². The Morgan fingerprint density at radius 1 is 1.50 bits per heavy atom. The van der Waals surface area contributed by atoms with Gasteiger partial charge in [-0.25, -0.2) is 0 Å². The fourth-order valence-electron chi connectivity index (χ4n) is 1.97. The van der Waals surface area contributed by atoms with E-state index in [0.29, 0.717) is 5.56 Å². The summed E-state index contributed by atoms with van der Waals surface area (Å²) in [6.45, 7) is 1.84. The third-order valence-corrected chi connectivity index (χ3v) is 2.79. The predicted octanol–water partition coefficient (Wildman–Crippen LogP) is 2.73. The van der Waals surface area contributed by atoms with Gasteiger partial charge in [-0.1, -0.05) is 37.3 Å². The number of carbonyl (C=O) groups is 1. The summed E-state index contributed by atoms with van der Waals surface area (Å²) in [6, 6.07) is 9.09. The van der Waals surface area contributed by atoms with Crippen molar-refractivity contribution in [1.82, 2.24) is 0 Å². The second-order valence-electron chi connectivity index (χ2n) is 3.83. The van der Waals surface area contributed by atoms with E-state index in [-0.39, 0.29) is 18.3 Å². The molecule has 2 rings (SSSR count). The number of azide groups is 1. The maximum atomic E-state index is 11.3. The van der Waals surface area contributed by atoms with Gasteiger partial charge in [0.05, 0.1) is 6.42 Å². The molecule has 1 saturated heterocycles. The molecule has 16 heavy (non-hydrogen) atoms. The lowest BCUT2D eigenvalue weighted by Crippen LogP contribution is -2.28. The Balaban J connectivity index is 2.52. The molecule has 0 N–H and O–H groups in total. The van der Waals surface area contributed by atoms with Crippen molar-refractivity contribution in [2.45, 2.75) is 19.1 Å². The highest BCUT2D eigenvalue weighted by Crippen LogP contribution is 2.42. The minimum atomic E-state index is -1.17. The molecule has 2 atom stereocenters. The lowest BCUT2D eigenvalue weighted by molar-refractivity contribution is -0.149. The zero-order valence-corrected chi connectivity index (χ0v) is 8.83. The maximum Gasteiger partial charge on any atom is 0.307 e. The molecular weight excluding hydrogens is 206 g/mol. The molecule has 82 valence electrons. The molecule has 1 heterocycles. The van der Waals surface area contributed by atoms with Gasteiger partial charge >= 0.3 is 5.97 Å². The molecule has 2 unspecified atom stereocenters. The number of rotatable bonds is 2. The Kier molecular flexibility index (Phi) is 2.54. The summed E-state index contributed by atoms with van der Waals surface area (Å²) in [5, 5.41) is 3.69. The van der Waals surface area contributed by atoms with Crippen molar-refractivity contribution in [1.29, 1.82) is 0 Å². The van der Waals surface area contributed by atoms with Crippen LogP contribution in [0.5, 0.6) is 0 Å². The van der Waals surface area contributed by atoms with Gasteiger partial charge in [0.15, 0.2) is 0 Å². The van der Waals surface area contributed by atoms with Crippen LogP contribution in [0.15, 0.2) is 35.4 Å². The van der Waals surface area contributed by atoms with E-state index in [1.54, 1.807) is 12.1 Å². The summed E-state index contributed by atoms with van der Waals surface area (Å²) < 4.78 is 5.23. The molecule has 5 heteroatoms. The minimum Gasteiger partial charge on any atom is -0.448 e. The molecule has 5 nitrogen and oxygen atoms in total. The first-order valence-electron chi connectivity index (χ1n) is 5.02. The van der Waals surface area contributed by atoms with E-state index in [9.17, 15) is 4.79 Å². The van der Waals surface area contributed by atoms with Crippen molar-refractivity contribution in [2.24, 2.45) is 11.0 Å². The van der Waals surface area contributed by atoms with Gasteiger partial charge in [0.1, 0.15) is 0 Å². The molecule has 1 fully saturated rings. The molecule has 0 aromatic heterocycles. The number of hydrogen-bond acceptors (Lipinski definition) is 3. The summed E-state index contributed by atoms with van der Waals surface area (Å²) in [5.41, 5.74) is 8.16. The molecule has 1 aliphatic rings. The van der Waals surface area contributed by atoms with Crippen molar-refractivity contribution in [3.63, 3.8) is 0 Å². The zero-order valence-electron chi connectivity index (χ0n) is 8.83. The van der Waals surface area contributed by atoms with Gasteiger partial charge < -0.3 is 4.74 Å². The molecule has 0 amide bonds. The Morgan fingerprint density at radius 2 is 2.19 bits per heavy atom. The van der Waals surface area contributed by atoms with Gasteiger partial charge in [-0.3, -0.25) is 4.79 Å².